The molecule has 5 saturated heterocycles. The van der Waals surface area contributed by atoms with Gasteiger partial charge < -0.3 is 61.7 Å². The second kappa shape index (κ2) is 7.25. The average Bonchev–Trinajstić information content (AvgIpc) is 2.40. The Kier molecular flexibility index (Phi) is 5.55. The van der Waals surface area contributed by atoms with Crippen LogP contribution in [0.1, 0.15) is 0 Å². The van der Waals surface area contributed by atoms with Gasteiger partial charge in [0.25, 0.3) is 0 Å². The molecule has 0 N–H and O–H groups in total. The molecule has 5 fully saturated rings. The van der Waals surface area contributed by atoms with Crippen molar-refractivity contribution in [1.29, 1.82) is 0 Å². The van der Waals surface area contributed by atoms with Gasteiger partial charge >= 0.3 is 88.0 Å². The SMILES string of the molecule is C[Si]12O[Si]3(C)O[Si]4(C)O[Si](C)(O1)O[Si]1(C)O[Si](C)(O4)O[Si]4(C)O[Si](C)(O[Si](C)(O[Si](C)(O3)O4)O2)O1. The Morgan fingerprint density at radius 3 is 0.286 bits per heavy atom. The molecule has 5 heterocycles. The monoisotopic (exact) mass is 670 g/mol. The normalized spacial score (nSPS) is 66.0. The van der Waals surface area contributed by atoms with E-state index in [2.05, 4.69) is 0 Å². The van der Waals surface area contributed by atoms with Gasteiger partial charge in [-0.25, -0.2) is 0 Å². The van der Waals surface area contributed by atoms with Crippen molar-refractivity contribution in [2.24, 2.45) is 0 Å². The van der Waals surface area contributed by atoms with Crippen molar-refractivity contribution >= 4 is 88.0 Å². The molecule has 0 spiro atoms. The largest absolute Gasteiger partial charge is 0.475 e. The van der Waals surface area contributed by atoms with Crippen LogP contribution in [0.5, 0.6) is 0 Å². The fourth-order valence-electron chi connectivity index (χ4n) is 5.68. The lowest BCUT2D eigenvalue weighted by Gasteiger charge is -2.60. The van der Waals surface area contributed by atoms with E-state index in [1.807, 2.05) is 0 Å². The summed E-state index contributed by atoms with van der Waals surface area (Å²) in [6.07, 6.45) is 0. The minimum absolute atomic E-state index is 1.73. The van der Waals surface area contributed by atoms with Gasteiger partial charge in [0.05, 0.1) is 0 Å². The van der Waals surface area contributed by atoms with Crippen molar-refractivity contribution in [3.05, 3.63) is 0 Å². The Labute approximate surface area is 214 Å². The summed E-state index contributed by atoms with van der Waals surface area (Å²) in [7, 11) is -36.5. The minimum atomic E-state index is -3.65. The lowest BCUT2D eigenvalue weighted by atomic mass is 11.9. The molecule has 0 radical (unpaired) electrons. The van der Waals surface area contributed by atoms with Crippen molar-refractivity contribution in [2.45, 2.75) is 65.5 Å². The highest BCUT2D eigenvalue weighted by Gasteiger charge is 2.78. The Hall–Kier alpha value is 1.57. The Bertz CT molecular complexity index is 705. The molecule has 25 heteroatoms. The van der Waals surface area contributed by atoms with Crippen LogP contribution in [0.2, 0.25) is 65.5 Å². The second-order valence-electron chi connectivity index (χ2n) is 10.2. The van der Waals surface area contributed by atoms with Gasteiger partial charge in [0, 0.05) is 65.5 Å². The Balaban J connectivity index is 1.68. The van der Waals surface area contributed by atoms with Crippen LogP contribution in [0.3, 0.4) is 0 Å². The summed E-state index contributed by atoms with van der Waals surface area (Å²) >= 11 is 0. The van der Waals surface area contributed by atoms with E-state index in [1.54, 1.807) is 65.5 Å². The molecule has 10 bridgehead atoms. The van der Waals surface area contributed by atoms with Crippen molar-refractivity contribution in [3.63, 3.8) is 0 Å². The van der Waals surface area contributed by atoms with Gasteiger partial charge in [0.1, 0.15) is 0 Å². The maximum atomic E-state index is 6.61. The minimum Gasteiger partial charge on any atom is -0.374 e. The van der Waals surface area contributed by atoms with Gasteiger partial charge in [-0.15, -0.1) is 0 Å². The Morgan fingerprint density at radius 1 is 0.171 bits per heavy atom. The van der Waals surface area contributed by atoms with Crippen LogP contribution < -0.4 is 0 Å². The highest BCUT2D eigenvalue weighted by atomic mass is 28.6. The van der Waals surface area contributed by atoms with Crippen LogP contribution >= 0.6 is 0 Å². The van der Waals surface area contributed by atoms with E-state index < -0.39 is 88.0 Å². The first kappa shape index (κ1) is 26.8. The molecule has 0 aromatic rings. The van der Waals surface area contributed by atoms with Crippen LogP contribution in [0.15, 0.2) is 0 Å². The molecule has 0 amide bonds. The maximum Gasteiger partial charge on any atom is 0.475 e. The lowest BCUT2D eigenvalue weighted by molar-refractivity contribution is -0.0160. The lowest BCUT2D eigenvalue weighted by Crippen LogP contribution is -2.86. The summed E-state index contributed by atoms with van der Waals surface area (Å²) in [5.74, 6) is 0. The predicted octanol–water partition coefficient (Wildman–Crippen LogP) is 1.00. The van der Waals surface area contributed by atoms with Gasteiger partial charge in [0.15, 0.2) is 0 Å². The predicted molar refractivity (Wildman–Crippen MR) is 132 cm³/mol. The molecule has 0 aromatic carbocycles. The quantitative estimate of drug-likeness (QED) is 0.339. The molecule has 0 saturated carbocycles. The van der Waals surface area contributed by atoms with E-state index in [0.717, 1.165) is 0 Å². The molecule has 0 atom stereocenters. The molecule has 35 heavy (non-hydrogen) atoms. The third-order valence-corrected chi connectivity index (χ3v) is 50.1. The summed E-state index contributed by atoms with van der Waals surface area (Å²) in [6, 6.07) is 0. The maximum absolute atomic E-state index is 6.61. The highest BCUT2D eigenvalue weighted by molar-refractivity contribution is 7.02. The van der Waals surface area contributed by atoms with E-state index in [0.29, 0.717) is 0 Å². The van der Waals surface area contributed by atoms with Gasteiger partial charge in [-0.1, -0.05) is 0 Å². The third-order valence-electron chi connectivity index (χ3n) is 5.56. The zero-order valence-electron chi connectivity index (χ0n) is 21.1. The first-order valence-corrected chi connectivity index (χ1v) is 33.4. The molecule has 15 nitrogen and oxygen atoms in total. The zero-order chi connectivity index (χ0) is 25.6. The average molecular weight is 671 g/mol. The topological polar surface area (TPSA) is 138 Å². The zero-order valence-corrected chi connectivity index (χ0v) is 31.1. The first-order chi connectivity index (χ1) is 15.6. The van der Waals surface area contributed by atoms with Crippen LogP contribution in [0, 0.1) is 0 Å². The van der Waals surface area contributed by atoms with Crippen LogP contribution in [0.25, 0.3) is 0 Å². The number of hydrogen-bond acceptors (Lipinski definition) is 15. The molecule has 200 valence electrons. The summed E-state index contributed by atoms with van der Waals surface area (Å²) < 4.78 is 98.7. The van der Waals surface area contributed by atoms with Crippen LogP contribution in [-0.4, -0.2) is 88.0 Å². The number of fused-ring (bicyclic) bond motifs is 10. The number of rotatable bonds is 0. The molecule has 0 aliphatic carbocycles. The smallest absolute Gasteiger partial charge is 0.374 e. The molecule has 5 aliphatic heterocycles. The third kappa shape index (κ3) is 4.78. The molecular weight excluding hydrogens is 641 g/mol. The van der Waals surface area contributed by atoms with Crippen molar-refractivity contribution in [3.8, 4) is 0 Å². The molecule has 5 rings (SSSR count). The summed E-state index contributed by atoms with van der Waals surface area (Å²) in [4.78, 5) is 0. The van der Waals surface area contributed by atoms with Gasteiger partial charge in [-0.05, 0) is 0 Å². The fraction of sp³-hybridized carbons (Fsp3) is 1.00. The molecule has 0 aromatic heterocycles. The Morgan fingerprint density at radius 2 is 0.229 bits per heavy atom. The number of hydrogen-bond donors (Lipinski definition) is 0. The molecule has 5 aliphatic rings. The van der Waals surface area contributed by atoms with Crippen LogP contribution in [-0.2, 0) is 61.7 Å². The summed E-state index contributed by atoms with van der Waals surface area (Å²) in [6.45, 7) is 17.3. The van der Waals surface area contributed by atoms with Crippen molar-refractivity contribution in [1.82, 2.24) is 0 Å². The standard InChI is InChI=1S/C10H30O15Si10/c1-26-11-27(2)18-30(5)12-28(3,16-26)20-32(7)14-34(9,22-30)25-35(10)15-33(8,24-32)21-29(4,17-26)13-31(6,19-27)23-35/h1-10H3. The van der Waals surface area contributed by atoms with E-state index in [9.17, 15) is 0 Å². The van der Waals surface area contributed by atoms with Gasteiger partial charge in [-0.2, -0.15) is 0 Å². The van der Waals surface area contributed by atoms with Gasteiger partial charge in [-0.3, -0.25) is 0 Å². The molecular formula is C10H30O15Si10. The first-order valence-electron chi connectivity index (χ1n) is 11.1. The van der Waals surface area contributed by atoms with E-state index in [-0.39, 0.29) is 0 Å². The molecule has 0 unspecified atom stereocenters. The summed E-state index contributed by atoms with van der Waals surface area (Å²) in [5, 5.41) is 0. The van der Waals surface area contributed by atoms with Crippen molar-refractivity contribution in [2.75, 3.05) is 0 Å². The second-order valence-corrected chi connectivity index (χ2v) is 39.6. The van der Waals surface area contributed by atoms with Crippen molar-refractivity contribution < 1.29 is 61.7 Å². The van der Waals surface area contributed by atoms with Crippen LogP contribution in [0.4, 0.5) is 0 Å². The van der Waals surface area contributed by atoms with E-state index >= 15 is 0 Å². The highest BCUT2D eigenvalue weighted by Crippen LogP contribution is 2.48. The van der Waals surface area contributed by atoms with Gasteiger partial charge in [0.2, 0.25) is 0 Å². The van der Waals surface area contributed by atoms with E-state index in [1.165, 1.54) is 0 Å². The summed E-state index contributed by atoms with van der Waals surface area (Å²) in [5.41, 5.74) is 0. The fourth-order valence-corrected chi connectivity index (χ4v) is 62.3. The van der Waals surface area contributed by atoms with E-state index in [4.69, 9.17) is 61.7 Å².